The Hall–Kier alpha value is -3.80. The van der Waals surface area contributed by atoms with Gasteiger partial charge in [0.05, 0.1) is 46.5 Å². The molecule has 0 atom stereocenters. The van der Waals surface area contributed by atoms with Gasteiger partial charge in [-0.2, -0.15) is 18.3 Å². The van der Waals surface area contributed by atoms with E-state index in [-0.39, 0.29) is 17.5 Å². The zero-order valence-electron chi connectivity index (χ0n) is 20.2. The van der Waals surface area contributed by atoms with Crippen molar-refractivity contribution in [2.45, 2.75) is 39.0 Å². The summed E-state index contributed by atoms with van der Waals surface area (Å²) in [6, 6.07) is 3.39. The summed E-state index contributed by atoms with van der Waals surface area (Å²) in [7, 11) is 1.54. The Bertz CT molecular complexity index is 1320. The van der Waals surface area contributed by atoms with Gasteiger partial charge in [0.2, 0.25) is 0 Å². The molecule has 3 aromatic rings. The molecule has 190 valence electrons. The smallest absolute Gasteiger partial charge is 0.383 e. The van der Waals surface area contributed by atoms with Crippen molar-refractivity contribution in [1.29, 1.82) is 0 Å². The van der Waals surface area contributed by atoms with Crippen LogP contribution < -0.4 is 10.2 Å². The lowest BCUT2D eigenvalue weighted by Gasteiger charge is -2.30. The summed E-state index contributed by atoms with van der Waals surface area (Å²) < 4.78 is 44.1. The molecule has 0 spiro atoms. The minimum atomic E-state index is -4.44. The maximum Gasteiger partial charge on any atom is 0.408 e. The third-order valence-corrected chi connectivity index (χ3v) is 5.88. The molecular weight excluding hydrogens is 477 g/mol. The van der Waals surface area contributed by atoms with Gasteiger partial charge in [-0.25, -0.2) is 4.98 Å². The number of alkyl halides is 3. The minimum Gasteiger partial charge on any atom is -0.383 e. The van der Waals surface area contributed by atoms with Crippen LogP contribution >= 0.6 is 0 Å². The third kappa shape index (κ3) is 4.81. The van der Waals surface area contributed by atoms with Gasteiger partial charge in [-0.15, -0.1) is 0 Å². The highest BCUT2D eigenvalue weighted by molar-refractivity contribution is 6.12. The number of ether oxygens (including phenoxy) is 1. The van der Waals surface area contributed by atoms with Crippen LogP contribution in [-0.4, -0.2) is 58.0 Å². The zero-order valence-corrected chi connectivity index (χ0v) is 20.2. The fraction of sp³-hybridized carbons (Fsp3) is 0.375. The number of carbonyl (C=O) groups excluding carboxylic acids is 2. The molecule has 0 bridgehead atoms. The molecule has 0 radical (unpaired) electrons. The second-order valence-corrected chi connectivity index (χ2v) is 8.97. The van der Waals surface area contributed by atoms with Crippen molar-refractivity contribution >= 4 is 17.5 Å². The number of rotatable bonds is 7. The van der Waals surface area contributed by atoms with E-state index in [1.807, 2.05) is 0 Å². The van der Waals surface area contributed by atoms with Gasteiger partial charge >= 0.3 is 6.18 Å². The molecule has 3 aromatic heterocycles. The van der Waals surface area contributed by atoms with E-state index in [4.69, 9.17) is 9.72 Å². The van der Waals surface area contributed by atoms with Gasteiger partial charge in [0, 0.05) is 37.8 Å². The summed E-state index contributed by atoms with van der Waals surface area (Å²) in [6.45, 7) is 4.77. The van der Waals surface area contributed by atoms with Crippen molar-refractivity contribution in [3.8, 4) is 11.3 Å². The van der Waals surface area contributed by atoms with E-state index in [2.05, 4.69) is 15.4 Å². The average Bonchev–Trinajstić information content (AvgIpc) is 3.31. The first-order valence-electron chi connectivity index (χ1n) is 11.1. The lowest BCUT2D eigenvalue weighted by Crippen LogP contribution is -2.39. The van der Waals surface area contributed by atoms with E-state index >= 15 is 0 Å². The normalized spacial score (nSPS) is 14.8. The van der Waals surface area contributed by atoms with Crippen molar-refractivity contribution in [2.75, 3.05) is 25.2 Å². The Morgan fingerprint density at radius 2 is 1.94 bits per heavy atom. The average molecular weight is 502 g/mol. The molecule has 36 heavy (non-hydrogen) atoms. The lowest BCUT2D eigenvalue weighted by atomic mass is 9.96. The maximum atomic E-state index is 13.4. The predicted octanol–water partition coefficient (Wildman–Crippen LogP) is 3.48. The van der Waals surface area contributed by atoms with Crippen molar-refractivity contribution in [3.63, 3.8) is 0 Å². The summed E-state index contributed by atoms with van der Waals surface area (Å²) >= 11 is 0. The standard InChI is InChI=1S/C24H25F3N6O3/c1-14-7-18(15-8-16(10-28-9-15)21(34)29-5-6-36-4)31-20-19(14)22(35)33(23(20,2)3)17-11-30-32(12-17)13-24(25,26)27/h7-12H,5-6,13H2,1-4H3,(H,29,34). The molecule has 0 saturated heterocycles. The third-order valence-electron chi connectivity index (χ3n) is 5.88. The molecule has 2 amide bonds. The number of halogens is 3. The Balaban J connectivity index is 1.68. The molecule has 12 heteroatoms. The van der Waals surface area contributed by atoms with Crippen molar-refractivity contribution in [1.82, 2.24) is 25.1 Å². The molecule has 9 nitrogen and oxygen atoms in total. The number of pyridine rings is 2. The summed E-state index contributed by atoms with van der Waals surface area (Å²) in [4.78, 5) is 36.1. The fourth-order valence-corrected chi connectivity index (χ4v) is 4.26. The number of hydrogen-bond donors (Lipinski definition) is 1. The van der Waals surface area contributed by atoms with Gasteiger partial charge in [-0.3, -0.25) is 24.2 Å². The molecule has 1 aliphatic heterocycles. The second-order valence-electron chi connectivity index (χ2n) is 8.97. The Kier molecular flexibility index (Phi) is 6.56. The summed E-state index contributed by atoms with van der Waals surface area (Å²) in [5, 5.41) is 6.51. The monoisotopic (exact) mass is 502 g/mol. The van der Waals surface area contributed by atoms with Gasteiger partial charge in [-0.05, 0) is 38.5 Å². The van der Waals surface area contributed by atoms with E-state index in [0.29, 0.717) is 46.8 Å². The molecule has 4 rings (SSSR count). The predicted molar refractivity (Wildman–Crippen MR) is 125 cm³/mol. The first-order valence-corrected chi connectivity index (χ1v) is 11.1. The highest BCUT2D eigenvalue weighted by Gasteiger charge is 2.47. The zero-order chi connectivity index (χ0) is 26.3. The molecule has 0 unspecified atom stereocenters. The summed E-state index contributed by atoms with van der Waals surface area (Å²) in [6.07, 6.45) is 1.02. The van der Waals surface area contributed by atoms with Gasteiger partial charge < -0.3 is 10.1 Å². The first-order chi connectivity index (χ1) is 16.9. The highest BCUT2D eigenvalue weighted by Crippen LogP contribution is 2.43. The van der Waals surface area contributed by atoms with E-state index in [1.165, 1.54) is 30.6 Å². The largest absolute Gasteiger partial charge is 0.408 e. The molecule has 0 aliphatic carbocycles. The number of anilines is 1. The van der Waals surface area contributed by atoms with Gasteiger partial charge in [0.25, 0.3) is 11.8 Å². The van der Waals surface area contributed by atoms with Crippen molar-refractivity contribution < 1.29 is 27.5 Å². The number of fused-ring (bicyclic) bond motifs is 1. The molecule has 0 aromatic carbocycles. The SMILES string of the molecule is COCCNC(=O)c1cncc(-c2cc(C)c3c(n2)C(C)(C)N(c2cnn(CC(F)(F)F)c2)C3=O)c1. The van der Waals surface area contributed by atoms with Crippen molar-refractivity contribution in [3.05, 3.63) is 59.3 Å². The van der Waals surface area contributed by atoms with Crippen LogP contribution in [0.4, 0.5) is 18.9 Å². The maximum absolute atomic E-state index is 13.4. The number of carbonyl (C=O) groups is 2. The number of aryl methyl sites for hydroxylation is 1. The van der Waals surface area contributed by atoms with Crippen LogP contribution in [0, 0.1) is 6.92 Å². The molecular formula is C24H25F3N6O3. The molecule has 1 aliphatic rings. The Morgan fingerprint density at radius 1 is 1.19 bits per heavy atom. The topological polar surface area (TPSA) is 102 Å². The van der Waals surface area contributed by atoms with Crippen LogP contribution in [-0.2, 0) is 16.8 Å². The van der Waals surface area contributed by atoms with E-state index in [1.54, 1.807) is 39.1 Å². The number of methoxy groups -OCH3 is 1. The quantitative estimate of drug-likeness (QED) is 0.497. The van der Waals surface area contributed by atoms with Crippen molar-refractivity contribution in [2.24, 2.45) is 0 Å². The summed E-state index contributed by atoms with van der Waals surface area (Å²) in [5.74, 6) is -0.681. The fourth-order valence-electron chi connectivity index (χ4n) is 4.26. The second kappa shape index (κ2) is 9.34. The number of aromatic nitrogens is 4. The lowest BCUT2D eigenvalue weighted by molar-refractivity contribution is -0.142. The van der Waals surface area contributed by atoms with Gasteiger partial charge in [0.1, 0.15) is 6.54 Å². The number of hydrogen-bond acceptors (Lipinski definition) is 6. The van der Waals surface area contributed by atoms with Crippen LogP contribution in [0.15, 0.2) is 36.9 Å². The molecule has 4 heterocycles. The van der Waals surface area contributed by atoms with E-state index in [9.17, 15) is 22.8 Å². The number of amides is 2. The van der Waals surface area contributed by atoms with Gasteiger partial charge in [-0.1, -0.05) is 0 Å². The number of nitrogens with zero attached hydrogens (tertiary/aromatic N) is 5. The Morgan fingerprint density at radius 3 is 2.64 bits per heavy atom. The van der Waals surface area contributed by atoms with E-state index in [0.717, 1.165) is 4.68 Å². The Labute approximate surface area is 205 Å². The van der Waals surface area contributed by atoms with Crippen LogP contribution in [0.2, 0.25) is 0 Å². The van der Waals surface area contributed by atoms with Crippen LogP contribution in [0.3, 0.4) is 0 Å². The highest BCUT2D eigenvalue weighted by atomic mass is 19.4. The minimum absolute atomic E-state index is 0.240. The van der Waals surface area contributed by atoms with E-state index < -0.39 is 18.3 Å². The van der Waals surface area contributed by atoms with Gasteiger partial charge in [0.15, 0.2) is 0 Å². The molecule has 0 saturated carbocycles. The van der Waals surface area contributed by atoms with Crippen LogP contribution in [0.25, 0.3) is 11.3 Å². The van der Waals surface area contributed by atoms with Crippen LogP contribution in [0.5, 0.6) is 0 Å². The number of nitrogens with one attached hydrogen (secondary N) is 1. The van der Waals surface area contributed by atoms with Crippen LogP contribution in [0.1, 0.15) is 45.8 Å². The first kappa shape index (κ1) is 25.3. The molecule has 1 N–H and O–H groups in total. The summed E-state index contributed by atoms with van der Waals surface area (Å²) in [5.41, 5.74) is 2.22. The molecule has 0 fully saturated rings.